The Morgan fingerprint density at radius 1 is 1.47 bits per heavy atom. The van der Waals surface area contributed by atoms with Gasteiger partial charge in [-0.05, 0) is 27.7 Å². The average molecular weight is 241 g/mol. The summed E-state index contributed by atoms with van der Waals surface area (Å²) in [4.78, 5) is 15.7. The number of hydrogen-bond donors (Lipinski definition) is 0. The van der Waals surface area contributed by atoms with Crippen LogP contribution in [0.15, 0.2) is 4.42 Å². The van der Waals surface area contributed by atoms with Gasteiger partial charge in [0, 0.05) is 7.11 Å². The van der Waals surface area contributed by atoms with Crippen molar-refractivity contribution in [1.82, 2.24) is 4.98 Å². The van der Waals surface area contributed by atoms with E-state index in [1.54, 1.807) is 21.0 Å². The fourth-order valence-corrected chi connectivity index (χ4v) is 1.35. The van der Waals surface area contributed by atoms with Crippen molar-refractivity contribution >= 4 is 5.97 Å². The van der Waals surface area contributed by atoms with Crippen LogP contribution in [0.2, 0.25) is 0 Å². The van der Waals surface area contributed by atoms with Crippen LogP contribution in [0.25, 0.3) is 0 Å². The van der Waals surface area contributed by atoms with Crippen LogP contribution in [0.5, 0.6) is 0 Å². The summed E-state index contributed by atoms with van der Waals surface area (Å²) in [7, 11) is 1.63. The van der Waals surface area contributed by atoms with Gasteiger partial charge in [0.25, 0.3) is 0 Å². The van der Waals surface area contributed by atoms with Crippen molar-refractivity contribution < 1.29 is 18.7 Å². The maximum atomic E-state index is 11.5. The molecule has 5 nitrogen and oxygen atoms in total. The van der Waals surface area contributed by atoms with Crippen molar-refractivity contribution in [3.05, 3.63) is 17.3 Å². The van der Waals surface area contributed by atoms with Gasteiger partial charge >= 0.3 is 5.97 Å². The van der Waals surface area contributed by atoms with Crippen molar-refractivity contribution in [2.24, 2.45) is 0 Å². The molecule has 0 amide bonds. The molecule has 0 unspecified atom stereocenters. The van der Waals surface area contributed by atoms with E-state index < -0.39 is 5.97 Å². The third-order valence-electron chi connectivity index (χ3n) is 2.43. The van der Waals surface area contributed by atoms with Gasteiger partial charge in [0.15, 0.2) is 5.89 Å². The summed E-state index contributed by atoms with van der Waals surface area (Å²) >= 11 is 0. The molecular weight excluding hydrogens is 222 g/mol. The SMILES string of the molecule is CCOC(=O)c1oc(CC(C)(C)OC)nc1C. The molecule has 0 aliphatic carbocycles. The molecule has 1 rings (SSSR count). The summed E-state index contributed by atoms with van der Waals surface area (Å²) in [5.74, 6) is 0.185. The number of aromatic nitrogens is 1. The molecule has 5 heteroatoms. The van der Waals surface area contributed by atoms with Crippen molar-refractivity contribution in [1.29, 1.82) is 0 Å². The number of carbonyl (C=O) groups excluding carboxylic acids is 1. The van der Waals surface area contributed by atoms with Gasteiger partial charge in [-0.3, -0.25) is 0 Å². The zero-order valence-corrected chi connectivity index (χ0v) is 11.0. The van der Waals surface area contributed by atoms with E-state index in [2.05, 4.69) is 4.98 Å². The molecule has 1 aromatic rings. The zero-order valence-electron chi connectivity index (χ0n) is 11.0. The minimum Gasteiger partial charge on any atom is -0.460 e. The fourth-order valence-electron chi connectivity index (χ4n) is 1.35. The topological polar surface area (TPSA) is 61.6 Å². The predicted molar refractivity (Wildman–Crippen MR) is 62.0 cm³/mol. The highest BCUT2D eigenvalue weighted by Crippen LogP contribution is 2.18. The second-order valence-corrected chi connectivity index (χ2v) is 4.38. The van der Waals surface area contributed by atoms with Gasteiger partial charge in [0.1, 0.15) is 0 Å². The average Bonchev–Trinajstić information content (AvgIpc) is 2.59. The Hall–Kier alpha value is -1.36. The highest BCUT2D eigenvalue weighted by molar-refractivity contribution is 5.87. The third kappa shape index (κ3) is 3.56. The molecule has 0 aliphatic rings. The van der Waals surface area contributed by atoms with Crippen LogP contribution < -0.4 is 0 Å². The van der Waals surface area contributed by atoms with Crippen LogP contribution in [0.1, 0.15) is 42.9 Å². The normalized spacial score (nSPS) is 11.6. The molecule has 17 heavy (non-hydrogen) atoms. The van der Waals surface area contributed by atoms with Crippen molar-refractivity contribution in [2.75, 3.05) is 13.7 Å². The Morgan fingerprint density at radius 3 is 2.65 bits per heavy atom. The molecule has 0 atom stereocenters. The Labute approximate surface area is 101 Å². The molecule has 1 heterocycles. The maximum Gasteiger partial charge on any atom is 0.376 e. The van der Waals surface area contributed by atoms with Crippen LogP contribution in [0.4, 0.5) is 0 Å². The minimum atomic E-state index is -0.473. The minimum absolute atomic E-state index is 0.175. The monoisotopic (exact) mass is 241 g/mol. The first-order valence-corrected chi connectivity index (χ1v) is 5.58. The van der Waals surface area contributed by atoms with Gasteiger partial charge < -0.3 is 13.9 Å². The van der Waals surface area contributed by atoms with E-state index in [4.69, 9.17) is 13.9 Å². The van der Waals surface area contributed by atoms with Crippen molar-refractivity contribution in [3.63, 3.8) is 0 Å². The third-order valence-corrected chi connectivity index (χ3v) is 2.43. The van der Waals surface area contributed by atoms with Gasteiger partial charge in [-0.2, -0.15) is 0 Å². The summed E-state index contributed by atoms with van der Waals surface area (Å²) < 4.78 is 15.6. The van der Waals surface area contributed by atoms with E-state index in [-0.39, 0.29) is 11.4 Å². The van der Waals surface area contributed by atoms with E-state index >= 15 is 0 Å². The first-order chi connectivity index (χ1) is 7.89. The highest BCUT2D eigenvalue weighted by atomic mass is 16.5. The van der Waals surface area contributed by atoms with Crippen molar-refractivity contribution in [3.8, 4) is 0 Å². The summed E-state index contributed by atoms with van der Waals surface area (Å²) in [6.45, 7) is 7.64. The van der Waals surface area contributed by atoms with Crippen LogP contribution in [0.3, 0.4) is 0 Å². The fraction of sp³-hybridized carbons (Fsp3) is 0.667. The molecule has 0 N–H and O–H groups in total. The predicted octanol–water partition coefficient (Wildman–Crippen LogP) is 2.13. The molecule has 1 aromatic heterocycles. The molecule has 0 aromatic carbocycles. The second-order valence-electron chi connectivity index (χ2n) is 4.38. The lowest BCUT2D eigenvalue weighted by Gasteiger charge is -2.20. The lowest BCUT2D eigenvalue weighted by Crippen LogP contribution is -2.25. The Kier molecular flexibility index (Phi) is 4.28. The smallest absolute Gasteiger partial charge is 0.376 e. The number of carbonyl (C=O) groups is 1. The maximum absolute atomic E-state index is 11.5. The molecule has 0 saturated heterocycles. The van der Waals surface area contributed by atoms with Gasteiger partial charge in [-0.15, -0.1) is 0 Å². The number of oxazole rings is 1. The quantitative estimate of drug-likeness (QED) is 0.739. The van der Waals surface area contributed by atoms with Crippen molar-refractivity contribution in [2.45, 2.75) is 39.7 Å². The summed E-state index contributed by atoms with van der Waals surface area (Å²) in [6, 6.07) is 0. The summed E-state index contributed by atoms with van der Waals surface area (Å²) in [5, 5.41) is 0. The number of esters is 1. The first kappa shape index (κ1) is 13.7. The summed E-state index contributed by atoms with van der Waals surface area (Å²) in [6.07, 6.45) is 0.504. The van der Waals surface area contributed by atoms with E-state index in [1.165, 1.54) is 0 Å². The first-order valence-electron chi connectivity index (χ1n) is 5.58. The summed E-state index contributed by atoms with van der Waals surface area (Å²) in [5.41, 5.74) is 0.175. The molecule has 96 valence electrons. The standard InChI is InChI=1S/C12H19NO4/c1-6-16-11(14)10-8(2)13-9(17-10)7-12(3,4)15-5/h6-7H2,1-5H3. The number of nitrogens with zero attached hydrogens (tertiary/aromatic N) is 1. The van der Waals surface area contributed by atoms with Crippen LogP contribution in [-0.4, -0.2) is 30.3 Å². The van der Waals surface area contributed by atoms with Crippen LogP contribution >= 0.6 is 0 Å². The second kappa shape index (κ2) is 5.31. The van der Waals surface area contributed by atoms with Gasteiger partial charge in [-0.1, -0.05) is 0 Å². The number of aryl methyl sites for hydroxylation is 1. The van der Waals surface area contributed by atoms with E-state index in [0.717, 1.165) is 0 Å². The van der Waals surface area contributed by atoms with Gasteiger partial charge in [-0.25, -0.2) is 9.78 Å². The number of rotatable bonds is 5. The molecule has 0 radical (unpaired) electrons. The number of ether oxygens (including phenoxy) is 2. The Bertz CT molecular complexity index is 395. The number of methoxy groups -OCH3 is 1. The molecule has 0 bridgehead atoms. The van der Waals surface area contributed by atoms with Gasteiger partial charge in [0.05, 0.1) is 24.3 Å². The highest BCUT2D eigenvalue weighted by Gasteiger charge is 2.24. The van der Waals surface area contributed by atoms with Crippen LogP contribution in [0, 0.1) is 6.92 Å². The molecule has 0 spiro atoms. The van der Waals surface area contributed by atoms with E-state index in [9.17, 15) is 4.79 Å². The molecular formula is C12H19NO4. The lowest BCUT2D eigenvalue weighted by atomic mass is 10.1. The zero-order chi connectivity index (χ0) is 13.1. The van der Waals surface area contributed by atoms with Crippen LogP contribution in [-0.2, 0) is 15.9 Å². The molecule has 0 aliphatic heterocycles. The van der Waals surface area contributed by atoms with E-state index in [1.807, 2.05) is 13.8 Å². The molecule has 0 saturated carbocycles. The van der Waals surface area contributed by atoms with Gasteiger partial charge in [0.2, 0.25) is 5.76 Å². The molecule has 0 fully saturated rings. The Balaban J connectivity index is 2.85. The Morgan fingerprint density at radius 2 is 2.12 bits per heavy atom. The number of hydrogen-bond acceptors (Lipinski definition) is 5. The largest absolute Gasteiger partial charge is 0.460 e. The van der Waals surface area contributed by atoms with E-state index in [0.29, 0.717) is 24.6 Å². The lowest BCUT2D eigenvalue weighted by molar-refractivity contribution is 0.0173.